The van der Waals surface area contributed by atoms with Crippen molar-refractivity contribution in [1.29, 1.82) is 0 Å². The molecule has 0 radical (unpaired) electrons. The van der Waals surface area contributed by atoms with Crippen molar-refractivity contribution in [3.05, 3.63) is 48.3 Å². The van der Waals surface area contributed by atoms with Crippen LogP contribution in [0, 0.1) is 0 Å². The van der Waals surface area contributed by atoms with Gasteiger partial charge in [-0.1, -0.05) is 12.1 Å². The van der Waals surface area contributed by atoms with Gasteiger partial charge >= 0.3 is 0 Å². The number of ether oxygens (including phenoxy) is 2. The quantitative estimate of drug-likeness (QED) is 0.823. The number of aromatic nitrogens is 1. The first-order valence-corrected chi connectivity index (χ1v) is 10.2. The summed E-state index contributed by atoms with van der Waals surface area (Å²) in [6.07, 6.45) is 4.49. The van der Waals surface area contributed by atoms with E-state index in [2.05, 4.69) is 4.98 Å². The lowest BCUT2D eigenvalue weighted by Gasteiger charge is -2.21. The van der Waals surface area contributed by atoms with E-state index in [4.69, 9.17) is 9.47 Å². The fraction of sp³-hybridized carbons (Fsp3) is 0.421. The molecule has 0 spiro atoms. The van der Waals surface area contributed by atoms with E-state index in [1.165, 1.54) is 4.31 Å². The zero-order valence-corrected chi connectivity index (χ0v) is 15.7. The van der Waals surface area contributed by atoms with Crippen LogP contribution in [0.1, 0.15) is 25.8 Å². The fourth-order valence-corrected chi connectivity index (χ4v) is 5.20. The highest BCUT2D eigenvalue weighted by molar-refractivity contribution is 7.89. The van der Waals surface area contributed by atoms with Crippen LogP contribution in [0.15, 0.2) is 47.6 Å². The molecule has 1 atom stereocenters. The van der Waals surface area contributed by atoms with Crippen molar-refractivity contribution in [3.63, 3.8) is 0 Å². The molecule has 1 saturated heterocycles. The molecule has 1 fully saturated rings. The van der Waals surface area contributed by atoms with Crippen LogP contribution < -0.4 is 9.47 Å². The maximum Gasteiger partial charge on any atom is 0.246 e. The molecule has 0 N–H and O–H groups in total. The maximum absolute atomic E-state index is 13.2. The fourth-order valence-electron chi connectivity index (χ4n) is 3.55. The van der Waals surface area contributed by atoms with Crippen molar-refractivity contribution in [2.75, 3.05) is 13.1 Å². The molecule has 138 valence electrons. The van der Waals surface area contributed by atoms with E-state index in [-0.39, 0.29) is 16.6 Å². The number of nitrogens with zero attached hydrogens (tertiary/aromatic N) is 2. The zero-order chi connectivity index (χ0) is 18.4. The maximum atomic E-state index is 13.2. The number of hydrogen-bond acceptors (Lipinski definition) is 5. The minimum absolute atomic E-state index is 0.178. The van der Waals surface area contributed by atoms with Crippen LogP contribution in [0.4, 0.5) is 0 Å². The Labute approximate surface area is 153 Å². The highest BCUT2D eigenvalue weighted by atomic mass is 32.2. The van der Waals surface area contributed by atoms with Crippen LogP contribution in [-0.4, -0.2) is 42.5 Å². The molecule has 26 heavy (non-hydrogen) atoms. The number of sulfonamides is 1. The van der Waals surface area contributed by atoms with Gasteiger partial charge < -0.3 is 9.47 Å². The Morgan fingerprint density at radius 1 is 1.27 bits per heavy atom. The van der Waals surface area contributed by atoms with Crippen molar-refractivity contribution >= 4 is 10.0 Å². The molecule has 2 aromatic rings. The van der Waals surface area contributed by atoms with Crippen molar-refractivity contribution in [2.45, 2.75) is 43.3 Å². The Balaban J connectivity index is 1.55. The second-order valence-electron chi connectivity index (χ2n) is 7.36. The van der Waals surface area contributed by atoms with E-state index < -0.39 is 10.0 Å². The third-order valence-electron chi connectivity index (χ3n) is 4.72. The molecule has 0 saturated carbocycles. The van der Waals surface area contributed by atoms with Gasteiger partial charge in [0.2, 0.25) is 10.0 Å². The highest BCUT2D eigenvalue weighted by Gasteiger charge is 2.39. The van der Waals surface area contributed by atoms with Gasteiger partial charge in [-0.15, -0.1) is 0 Å². The van der Waals surface area contributed by atoms with Crippen LogP contribution in [0.5, 0.6) is 11.5 Å². The van der Waals surface area contributed by atoms with Crippen molar-refractivity contribution < 1.29 is 17.9 Å². The van der Waals surface area contributed by atoms with Gasteiger partial charge in [-0.2, -0.15) is 4.31 Å². The first kappa shape index (κ1) is 17.3. The lowest BCUT2D eigenvalue weighted by molar-refractivity contribution is 0.134. The number of pyridine rings is 1. The van der Waals surface area contributed by atoms with E-state index in [9.17, 15) is 8.42 Å². The summed E-state index contributed by atoms with van der Waals surface area (Å²) in [5.74, 6) is 1.15. The molecule has 1 aromatic carbocycles. The lowest BCUT2D eigenvalue weighted by atomic mass is 10.0. The van der Waals surface area contributed by atoms with Crippen molar-refractivity contribution in [1.82, 2.24) is 9.29 Å². The van der Waals surface area contributed by atoms with Crippen LogP contribution in [0.3, 0.4) is 0 Å². The summed E-state index contributed by atoms with van der Waals surface area (Å²) in [6, 6.07) is 8.97. The Morgan fingerprint density at radius 3 is 2.88 bits per heavy atom. The molecule has 0 bridgehead atoms. The van der Waals surface area contributed by atoms with Crippen LogP contribution in [0.2, 0.25) is 0 Å². The normalized spacial score (nSPS) is 22.0. The summed E-state index contributed by atoms with van der Waals surface area (Å²) in [6.45, 7) is 4.69. The first-order valence-electron chi connectivity index (χ1n) is 8.73. The standard InChI is InChI=1S/C19H22N2O4S/c1-19(2)11-14-5-3-7-17(18(14)25-19)26(22,23)21-10-8-16(13-21)24-15-6-4-9-20-12-15/h3-7,9,12,16H,8,10-11,13H2,1-2H3. The molecular formula is C19H22N2O4S. The molecule has 0 amide bonds. The monoisotopic (exact) mass is 374 g/mol. The summed E-state index contributed by atoms with van der Waals surface area (Å²) in [7, 11) is -3.63. The lowest BCUT2D eigenvalue weighted by Crippen LogP contribution is -2.31. The molecule has 4 rings (SSSR count). The number of benzene rings is 1. The van der Waals surface area contributed by atoms with Gasteiger partial charge in [0.05, 0.1) is 12.7 Å². The Morgan fingerprint density at radius 2 is 2.12 bits per heavy atom. The van der Waals surface area contributed by atoms with Gasteiger partial charge in [0.15, 0.2) is 0 Å². The molecule has 6 nitrogen and oxygen atoms in total. The van der Waals surface area contributed by atoms with Crippen molar-refractivity contribution in [2.24, 2.45) is 0 Å². The molecule has 2 aliphatic rings. The van der Waals surface area contributed by atoms with Crippen LogP contribution in [-0.2, 0) is 16.4 Å². The molecular weight excluding hydrogens is 352 g/mol. The minimum Gasteiger partial charge on any atom is -0.487 e. The van der Waals surface area contributed by atoms with Gasteiger partial charge in [-0.25, -0.2) is 8.42 Å². The summed E-state index contributed by atoms with van der Waals surface area (Å²) < 4.78 is 39.7. The number of hydrogen-bond donors (Lipinski definition) is 0. The Kier molecular flexibility index (Phi) is 4.16. The smallest absolute Gasteiger partial charge is 0.246 e. The molecule has 1 unspecified atom stereocenters. The summed E-state index contributed by atoms with van der Waals surface area (Å²) in [5, 5.41) is 0. The molecule has 1 aromatic heterocycles. The molecule has 0 aliphatic carbocycles. The summed E-state index contributed by atoms with van der Waals surface area (Å²) in [5.41, 5.74) is 0.559. The Bertz CT molecular complexity index is 912. The number of fused-ring (bicyclic) bond motifs is 1. The predicted octanol–water partition coefficient (Wildman–Crippen LogP) is 2.64. The zero-order valence-electron chi connectivity index (χ0n) is 14.9. The summed E-state index contributed by atoms with van der Waals surface area (Å²) >= 11 is 0. The Hall–Kier alpha value is -2.12. The van der Waals surface area contributed by atoms with E-state index in [0.717, 1.165) is 5.56 Å². The largest absolute Gasteiger partial charge is 0.487 e. The van der Waals surface area contributed by atoms with E-state index in [0.29, 0.717) is 37.4 Å². The average Bonchev–Trinajstić information content (AvgIpc) is 3.18. The molecule has 2 aliphatic heterocycles. The van der Waals surface area contributed by atoms with Crippen LogP contribution in [0.25, 0.3) is 0 Å². The van der Waals surface area contributed by atoms with Gasteiger partial charge in [0.1, 0.15) is 28.1 Å². The van der Waals surface area contributed by atoms with E-state index >= 15 is 0 Å². The summed E-state index contributed by atoms with van der Waals surface area (Å²) in [4.78, 5) is 4.27. The second-order valence-corrected chi connectivity index (χ2v) is 9.27. The van der Waals surface area contributed by atoms with Crippen molar-refractivity contribution in [3.8, 4) is 11.5 Å². The minimum atomic E-state index is -3.63. The number of para-hydroxylation sites is 1. The van der Waals surface area contributed by atoms with Gasteiger partial charge in [-0.05, 0) is 44.0 Å². The van der Waals surface area contributed by atoms with Gasteiger partial charge in [0, 0.05) is 19.2 Å². The topological polar surface area (TPSA) is 68.7 Å². The molecule has 3 heterocycles. The molecule has 7 heteroatoms. The van der Waals surface area contributed by atoms with E-state index in [1.54, 1.807) is 30.6 Å². The highest BCUT2D eigenvalue weighted by Crippen LogP contribution is 2.41. The van der Waals surface area contributed by atoms with Gasteiger partial charge in [-0.3, -0.25) is 4.98 Å². The van der Waals surface area contributed by atoms with Crippen LogP contribution >= 0.6 is 0 Å². The SMILES string of the molecule is CC1(C)Cc2cccc(S(=O)(=O)N3CCC(Oc4cccnc4)C3)c2O1. The van der Waals surface area contributed by atoms with Gasteiger partial charge in [0.25, 0.3) is 0 Å². The third-order valence-corrected chi connectivity index (χ3v) is 6.61. The average molecular weight is 374 g/mol. The van der Waals surface area contributed by atoms with E-state index in [1.807, 2.05) is 26.0 Å². The second kappa shape index (κ2) is 6.25. The number of rotatable bonds is 4. The first-order chi connectivity index (χ1) is 12.4. The predicted molar refractivity (Wildman–Crippen MR) is 96.9 cm³/mol. The third kappa shape index (κ3) is 3.17.